The Morgan fingerprint density at radius 3 is 2.53 bits per heavy atom. The minimum Gasteiger partial charge on any atom is -0.380 e. The molecule has 0 radical (unpaired) electrons. The zero-order valence-corrected chi connectivity index (χ0v) is 9.33. The molecule has 1 aliphatic rings. The number of halogens is 1. The van der Waals surface area contributed by atoms with Gasteiger partial charge in [-0.25, -0.2) is 4.39 Å². The normalized spacial score (nSPS) is 25.1. The van der Waals surface area contributed by atoms with Crippen molar-refractivity contribution in [3.63, 3.8) is 0 Å². The average Bonchev–Trinajstić information content (AvgIpc) is 2.12. The maximum Gasteiger partial charge on any atom is 0.146 e. The second kappa shape index (κ2) is 4.21. The summed E-state index contributed by atoms with van der Waals surface area (Å²) in [6, 6.07) is 7.36. The number of rotatable bonds is 3. The fourth-order valence-electron chi connectivity index (χ4n) is 2.12. The van der Waals surface area contributed by atoms with E-state index in [4.69, 9.17) is 0 Å². The molecule has 0 aliphatic heterocycles. The van der Waals surface area contributed by atoms with Crippen LogP contribution < -0.4 is 5.32 Å². The molecule has 1 fully saturated rings. The van der Waals surface area contributed by atoms with Gasteiger partial charge >= 0.3 is 0 Å². The van der Waals surface area contributed by atoms with E-state index in [1.54, 1.807) is 12.1 Å². The SMILES string of the molecule is CC(C)C1CC(Nc2ccccc2F)C1. The summed E-state index contributed by atoms with van der Waals surface area (Å²) >= 11 is 0. The lowest BCUT2D eigenvalue weighted by molar-refractivity contribution is 0.211. The van der Waals surface area contributed by atoms with Gasteiger partial charge in [0.1, 0.15) is 5.82 Å². The lowest BCUT2D eigenvalue weighted by atomic mass is 9.73. The third kappa shape index (κ3) is 2.31. The number of nitrogens with one attached hydrogen (secondary N) is 1. The molecule has 2 heteroatoms. The van der Waals surface area contributed by atoms with Crippen LogP contribution >= 0.6 is 0 Å². The van der Waals surface area contributed by atoms with Gasteiger partial charge in [0.25, 0.3) is 0 Å². The minimum atomic E-state index is -0.148. The third-order valence-corrected chi connectivity index (χ3v) is 3.35. The van der Waals surface area contributed by atoms with E-state index in [9.17, 15) is 4.39 Å². The number of para-hydroxylation sites is 1. The molecule has 82 valence electrons. The van der Waals surface area contributed by atoms with Crippen LogP contribution in [0.4, 0.5) is 10.1 Å². The molecule has 15 heavy (non-hydrogen) atoms. The molecule has 2 rings (SSSR count). The topological polar surface area (TPSA) is 12.0 Å². The molecule has 0 saturated heterocycles. The van der Waals surface area contributed by atoms with E-state index < -0.39 is 0 Å². The Kier molecular flexibility index (Phi) is 2.94. The summed E-state index contributed by atoms with van der Waals surface area (Å²) in [5, 5.41) is 3.26. The molecule has 0 amide bonds. The van der Waals surface area contributed by atoms with Gasteiger partial charge in [-0.3, -0.25) is 0 Å². The van der Waals surface area contributed by atoms with Crippen LogP contribution in [0.1, 0.15) is 26.7 Å². The van der Waals surface area contributed by atoms with Gasteiger partial charge in [0.15, 0.2) is 0 Å². The Hall–Kier alpha value is -1.05. The van der Waals surface area contributed by atoms with Crippen LogP contribution in [0.5, 0.6) is 0 Å². The van der Waals surface area contributed by atoms with Crippen LogP contribution in [-0.4, -0.2) is 6.04 Å². The Balaban J connectivity index is 1.88. The van der Waals surface area contributed by atoms with Crippen molar-refractivity contribution in [3.8, 4) is 0 Å². The van der Waals surface area contributed by atoms with Crippen LogP contribution in [-0.2, 0) is 0 Å². The maximum atomic E-state index is 13.3. The van der Waals surface area contributed by atoms with E-state index in [1.165, 1.54) is 18.9 Å². The Morgan fingerprint density at radius 1 is 1.27 bits per heavy atom. The first-order valence-electron chi connectivity index (χ1n) is 5.68. The maximum absolute atomic E-state index is 13.3. The highest BCUT2D eigenvalue weighted by atomic mass is 19.1. The summed E-state index contributed by atoms with van der Waals surface area (Å²) in [7, 11) is 0. The molecular weight excluding hydrogens is 189 g/mol. The zero-order chi connectivity index (χ0) is 10.8. The smallest absolute Gasteiger partial charge is 0.146 e. The number of hydrogen-bond donors (Lipinski definition) is 1. The Bertz CT molecular complexity index is 329. The van der Waals surface area contributed by atoms with Crippen molar-refractivity contribution in [2.24, 2.45) is 11.8 Å². The largest absolute Gasteiger partial charge is 0.380 e. The molecule has 0 aromatic heterocycles. The van der Waals surface area contributed by atoms with Crippen molar-refractivity contribution in [2.75, 3.05) is 5.32 Å². The molecular formula is C13H18FN. The van der Waals surface area contributed by atoms with Crippen LogP contribution in [0.25, 0.3) is 0 Å². The predicted molar refractivity (Wildman–Crippen MR) is 61.4 cm³/mol. The van der Waals surface area contributed by atoms with E-state index in [1.807, 2.05) is 6.07 Å². The molecule has 0 atom stereocenters. The van der Waals surface area contributed by atoms with Crippen LogP contribution in [0, 0.1) is 17.7 Å². The molecule has 1 nitrogen and oxygen atoms in total. The molecule has 0 unspecified atom stereocenters. The number of benzene rings is 1. The van der Waals surface area contributed by atoms with Crippen molar-refractivity contribution < 1.29 is 4.39 Å². The highest BCUT2D eigenvalue weighted by Crippen LogP contribution is 2.35. The summed E-state index contributed by atoms with van der Waals surface area (Å²) in [5.74, 6) is 1.42. The fraction of sp³-hybridized carbons (Fsp3) is 0.538. The molecule has 0 heterocycles. The molecule has 1 aromatic rings. The second-order valence-electron chi connectivity index (χ2n) is 4.80. The summed E-state index contributed by atoms with van der Waals surface area (Å²) in [6.07, 6.45) is 2.35. The Morgan fingerprint density at radius 2 is 1.93 bits per heavy atom. The molecule has 1 saturated carbocycles. The van der Waals surface area contributed by atoms with Crippen molar-refractivity contribution in [2.45, 2.75) is 32.7 Å². The minimum absolute atomic E-state index is 0.148. The van der Waals surface area contributed by atoms with Gasteiger partial charge in [-0.1, -0.05) is 26.0 Å². The first kappa shape index (κ1) is 10.5. The molecule has 0 spiro atoms. The van der Waals surface area contributed by atoms with Gasteiger partial charge in [0.05, 0.1) is 5.69 Å². The third-order valence-electron chi connectivity index (χ3n) is 3.35. The Labute approximate surface area is 90.7 Å². The fourth-order valence-corrected chi connectivity index (χ4v) is 2.12. The standard InChI is InChI=1S/C13H18FN/c1-9(2)10-7-11(8-10)15-13-6-4-3-5-12(13)14/h3-6,9-11,15H,7-8H2,1-2H3. The number of hydrogen-bond acceptors (Lipinski definition) is 1. The van der Waals surface area contributed by atoms with Gasteiger partial charge in [0.2, 0.25) is 0 Å². The summed E-state index contributed by atoms with van der Waals surface area (Å²) in [5.41, 5.74) is 0.643. The first-order valence-corrected chi connectivity index (χ1v) is 5.68. The molecule has 0 bridgehead atoms. The van der Waals surface area contributed by atoms with Gasteiger partial charge in [0, 0.05) is 6.04 Å². The first-order chi connectivity index (χ1) is 7.16. The summed E-state index contributed by atoms with van der Waals surface area (Å²) < 4.78 is 13.3. The average molecular weight is 207 g/mol. The van der Waals surface area contributed by atoms with Crippen molar-refractivity contribution in [1.29, 1.82) is 0 Å². The lowest BCUT2D eigenvalue weighted by Gasteiger charge is -2.39. The summed E-state index contributed by atoms with van der Waals surface area (Å²) in [6.45, 7) is 4.51. The van der Waals surface area contributed by atoms with Gasteiger partial charge < -0.3 is 5.32 Å². The highest BCUT2D eigenvalue weighted by molar-refractivity contribution is 5.45. The highest BCUT2D eigenvalue weighted by Gasteiger charge is 2.31. The van der Waals surface area contributed by atoms with Crippen LogP contribution in [0.15, 0.2) is 24.3 Å². The van der Waals surface area contributed by atoms with E-state index in [0.717, 1.165) is 11.8 Å². The predicted octanol–water partition coefficient (Wildman–Crippen LogP) is 3.67. The van der Waals surface area contributed by atoms with Crippen molar-refractivity contribution >= 4 is 5.69 Å². The zero-order valence-electron chi connectivity index (χ0n) is 9.33. The number of anilines is 1. The van der Waals surface area contributed by atoms with Gasteiger partial charge in [-0.2, -0.15) is 0 Å². The van der Waals surface area contributed by atoms with Crippen LogP contribution in [0.2, 0.25) is 0 Å². The van der Waals surface area contributed by atoms with Crippen molar-refractivity contribution in [3.05, 3.63) is 30.1 Å². The van der Waals surface area contributed by atoms with Crippen molar-refractivity contribution in [1.82, 2.24) is 0 Å². The second-order valence-corrected chi connectivity index (χ2v) is 4.80. The lowest BCUT2D eigenvalue weighted by Crippen LogP contribution is -2.38. The monoisotopic (exact) mass is 207 g/mol. The molecule has 1 N–H and O–H groups in total. The van der Waals surface area contributed by atoms with Gasteiger partial charge in [-0.05, 0) is 36.8 Å². The molecule has 1 aromatic carbocycles. The quantitative estimate of drug-likeness (QED) is 0.797. The van der Waals surface area contributed by atoms with E-state index >= 15 is 0 Å². The van der Waals surface area contributed by atoms with Crippen LogP contribution in [0.3, 0.4) is 0 Å². The summed E-state index contributed by atoms with van der Waals surface area (Å²) in [4.78, 5) is 0. The van der Waals surface area contributed by atoms with E-state index in [2.05, 4.69) is 19.2 Å². The van der Waals surface area contributed by atoms with E-state index in [0.29, 0.717) is 11.7 Å². The van der Waals surface area contributed by atoms with E-state index in [-0.39, 0.29) is 5.82 Å². The molecule has 1 aliphatic carbocycles. The van der Waals surface area contributed by atoms with Gasteiger partial charge in [-0.15, -0.1) is 0 Å².